The van der Waals surface area contributed by atoms with E-state index >= 15 is 0 Å². The Morgan fingerprint density at radius 2 is 1.83 bits per heavy atom. The Bertz CT molecular complexity index is 1220. The maximum absolute atomic E-state index is 12.4. The van der Waals surface area contributed by atoms with E-state index in [1.807, 2.05) is 68.4 Å². The van der Waals surface area contributed by atoms with E-state index in [9.17, 15) is 4.79 Å². The molecule has 2 N–H and O–H groups in total. The minimum atomic E-state index is -0.299. The number of aryl methyl sites for hydroxylation is 2. The van der Waals surface area contributed by atoms with Gasteiger partial charge in [-0.15, -0.1) is 0 Å². The van der Waals surface area contributed by atoms with E-state index in [1.54, 1.807) is 6.07 Å². The van der Waals surface area contributed by atoms with Gasteiger partial charge in [0.2, 0.25) is 0 Å². The molecule has 0 saturated carbocycles. The van der Waals surface area contributed by atoms with E-state index < -0.39 is 0 Å². The number of fused-ring (bicyclic) bond motifs is 2. The fourth-order valence-corrected chi connectivity index (χ4v) is 3.47. The molecule has 1 heterocycles. The van der Waals surface area contributed by atoms with Crippen LogP contribution in [0.1, 0.15) is 11.1 Å². The van der Waals surface area contributed by atoms with Gasteiger partial charge in [0, 0.05) is 10.8 Å². The van der Waals surface area contributed by atoms with Crippen molar-refractivity contribution in [3.63, 3.8) is 0 Å². The van der Waals surface area contributed by atoms with Gasteiger partial charge in [-0.1, -0.05) is 48.0 Å². The van der Waals surface area contributed by atoms with Crippen LogP contribution in [0.25, 0.3) is 21.8 Å². The van der Waals surface area contributed by atoms with Gasteiger partial charge in [0.1, 0.15) is 5.75 Å². The quantitative estimate of drug-likeness (QED) is 0.354. The first kappa shape index (κ1) is 19.0. The van der Waals surface area contributed by atoms with Crippen LogP contribution in [0.3, 0.4) is 0 Å². The third-order valence-electron chi connectivity index (χ3n) is 4.69. The monoisotopic (exact) mass is 405 g/mol. The second-order valence-electron chi connectivity index (χ2n) is 6.87. The van der Waals surface area contributed by atoms with Gasteiger partial charge in [-0.25, -0.2) is 4.98 Å². The first-order chi connectivity index (χ1) is 14.0. The van der Waals surface area contributed by atoms with Crippen LogP contribution in [0, 0.1) is 13.8 Å². The van der Waals surface area contributed by atoms with Gasteiger partial charge in [-0.3, -0.25) is 15.6 Å². The van der Waals surface area contributed by atoms with Crippen molar-refractivity contribution in [1.82, 2.24) is 10.4 Å². The first-order valence-electron chi connectivity index (χ1n) is 9.25. The number of amides is 1. The van der Waals surface area contributed by atoms with E-state index in [4.69, 9.17) is 16.3 Å². The van der Waals surface area contributed by atoms with E-state index in [-0.39, 0.29) is 12.5 Å². The summed E-state index contributed by atoms with van der Waals surface area (Å²) in [6.07, 6.45) is 0. The van der Waals surface area contributed by atoms with Gasteiger partial charge in [0.05, 0.1) is 21.7 Å². The maximum Gasteiger partial charge on any atom is 0.276 e. The Morgan fingerprint density at radius 3 is 2.69 bits per heavy atom. The van der Waals surface area contributed by atoms with E-state index in [1.165, 1.54) is 0 Å². The molecule has 1 aromatic heterocycles. The minimum absolute atomic E-state index is 0.105. The molecule has 0 fully saturated rings. The number of hydrazine groups is 1. The van der Waals surface area contributed by atoms with Crippen molar-refractivity contribution in [3.05, 3.63) is 76.8 Å². The molecular formula is C23H20ClN3O2. The summed E-state index contributed by atoms with van der Waals surface area (Å²) in [5.74, 6) is 0.398. The number of benzene rings is 3. The van der Waals surface area contributed by atoms with Gasteiger partial charge < -0.3 is 4.74 Å². The summed E-state index contributed by atoms with van der Waals surface area (Å²) >= 11 is 6.43. The van der Waals surface area contributed by atoms with Crippen LogP contribution in [0.5, 0.6) is 5.75 Å². The van der Waals surface area contributed by atoms with E-state index in [0.29, 0.717) is 16.5 Å². The molecule has 29 heavy (non-hydrogen) atoms. The lowest BCUT2D eigenvalue weighted by atomic mass is 10.1. The lowest BCUT2D eigenvalue weighted by Crippen LogP contribution is -2.33. The number of ether oxygens (including phenoxy) is 1. The first-order valence-corrected chi connectivity index (χ1v) is 9.62. The second kappa shape index (κ2) is 7.97. The Kier molecular flexibility index (Phi) is 5.23. The zero-order chi connectivity index (χ0) is 20.4. The third kappa shape index (κ3) is 3.96. The Morgan fingerprint density at radius 1 is 1.03 bits per heavy atom. The standard InChI is InChI=1S/C23H20ClN3O2/c1-14-10-11-15(2)20(12-14)29-13-21(28)26-27-23-16-6-3-4-8-18(16)25-19-9-5-7-17(24)22(19)23/h3-12H,13H2,1-2H3,(H,25,27)(H,26,28). The predicted octanol–water partition coefficient (Wildman–Crippen LogP) is 5.18. The van der Waals surface area contributed by atoms with Gasteiger partial charge in [-0.2, -0.15) is 0 Å². The van der Waals surface area contributed by atoms with Crippen LogP contribution in [0.15, 0.2) is 60.7 Å². The van der Waals surface area contributed by atoms with E-state index in [2.05, 4.69) is 15.8 Å². The molecule has 0 radical (unpaired) electrons. The zero-order valence-electron chi connectivity index (χ0n) is 16.1. The molecule has 6 heteroatoms. The summed E-state index contributed by atoms with van der Waals surface area (Å²) in [7, 11) is 0. The number of pyridine rings is 1. The number of anilines is 1. The average Bonchev–Trinajstić information content (AvgIpc) is 2.72. The maximum atomic E-state index is 12.4. The minimum Gasteiger partial charge on any atom is -0.483 e. The number of para-hydroxylation sites is 1. The molecule has 4 rings (SSSR count). The Labute approximate surface area is 173 Å². The molecule has 1 amide bonds. The number of nitrogens with zero attached hydrogens (tertiary/aromatic N) is 1. The SMILES string of the molecule is Cc1ccc(C)c(OCC(=O)NNc2c3ccccc3nc3cccc(Cl)c23)c1. The summed E-state index contributed by atoms with van der Waals surface area (Å²) in [4.78, 5) is 17.1. The highest BCUT2D eigenvalue weighted by Gasteiger charge is 2.13. The normalized spacial score (nSPS) is 10.9. The van der Waals surface area contributed by atoms with Gasteiger partial charge >= 0.3 is 0 Å². The predicted molar refractivity (Wildman–Crippen MR) is 117 cm³/mol. The largest absolute Gasteiger partial charge is 0.483 e. The smallest absolute Gasteiger partial charge is 0.276 e. The molecule has 0 unspecified atom stereocenters. The number of nitrogens with one attached hydrogen (secondary N) is 2. The molecule has 0 spiro atoms. The molecule has 0 atom stereocenters. The van der Waals surface area contributed by atoms with Crippen molar-refractivity contribution in [2.24, 2.45) is 0 Å². The van der Waals surface area contributed by atoms with Crippen LogP contribution < -0.4 is 15.6 Å². The molecule has 0 saturated heterocycles. The fourth-order valence-electron chi connectivity index (χ4n) is 3.20. The summed E-state index contributed by atoms with van der Waals surface area (Å²) in [5.41, 5.74) is 10.1. The molecule has 5 nitrogen and oxygen atoms in total. The molecule has 0 bridgehead atoms. The highest BCUT2D eigenvalue weighted by Crippen LogP contribution is 2.34. The van der Waals surface area contributed by atoms with Gasteiger partial charge in [0.15, 0.2) is 6.61 Å². The van der Waals surface area contributed by atoms with Crippen molar-refractivity contribution >= 4 is 45.0 Å². The average molecular weight is 406 g/mol. The molecule has 0 aliphatic carbocycles. The number of carbonyl (C=O) groups excluding carboxylic acids is 1. The summed E-state index contributed by atoms with van der Waals surface area (Å²) < 4.78 is 5.68. The zero-order valence-corrected chi connectivity index (χ0v) is 16.9. The highest BCUT2D eigenvalue weighted by molar-refractivity contribution is 6.37. The third-order valence-corrected chi connectivity index (χ3v) is 5.00. The van der Waals surface area contributed by atoms with Gasteiger partial charge in [0.25, 0.3) is 5.91 Å². The Balaban J connectivity index is 1.57. The Hall–Kier alpha value is -3.31. The fraction of sp³-hybridized carbons (Fsp3) is 0.130. The number of hydrogen-bond donors (Lipinski definition) is 2. The van der Waals surface area contributed by atoms with Gasteiger partial charge in [-0.05, 0) is 49.2 Å². The number of rotatable bonds is 5. The molecule has 0 aliphatic rings. The van der Waals surface area contributed by atoms with Crippen molar-refractivity contribution in [3.8, 4) is 5.75 Å². The topological polar surface area (TPSA) is 63.2 Å². The molecular weight excluding hydrogens is 386 g/mol. The number of hydrogen-bond acceptors (Lipinski definition) is 4. The van der Waals surface area contributed by atoms with Crippen molar-refractivity contribution < 1.29 is 9.53 Å². The molecule has 0 aliphatic heterocycles. The van der Waals surface area contributed by atoms with Crippen LogP contribution in [-0.4, -0.2) is 17.5 Å². The number of halogens is 1. The van der Waals surface area contributed by atoms with E-state index in [0.717, 1.165) is 32.9 Å². The van der Waals surface area contributed by atoms with Crippen molar-refractivity contribution in [1.29, 1.82) is 0 Å². The van der Waals surface area contributed by atoms with Crippen LogP contribution >= 0.6 is 11.6 Å². The summed E-state index contributed by atoms with van der Waals surface area (Å²) in [6.45, 7) is 3.82. The second-order valence-corrected chi connectivity index (χ2v) is 7.28. The summed E-state index contributed by atoms with van der Waals surface area (Å²) in [5, 5.41) is 2.18. The summed E-state index contributed by atoms with van der Waals surface area (Å²) in [6, 6.07) is 19.1. The lowest BCUT2D eigenvalue weighted by molar-refractivity contribution is -0.122. The van der Waals surface area contributed by atoms with Crippen LogP contribution in [0.4, 0.5) is 5.69 Å². The van der Waals surface area contributed by atoms with Crippen LogP contribution in [-0.2, 0) is 4.79 Å². The van der Waals surface area contributed by atoms with Crippen molar-refractivity contribution in [2.45, 2.75) is 13.8 Å². The number of aromatic nitrogens is 1. The molecule has 146 valence electrons. The number of carbonyl (C=O) groups is 1. The van der Waals surface area contributed by atoms with Crippen molar-refractivity contribution in [2.75, 3.05) is 12.0 Å². The molecule has 3 aromatic carbocycles. The van der Waals surface area contributed by atoms with Crippen LogP contribution in [0.2, 0.25) is 5.02 Å². The molecule has 4 aromatic rings. The lowest BCUT2D eigenvalue weighted by Gasteiger charge is -2.15. The highest BCUT2D eigenvalue weighted by atomic mass is 35.5.